The Morgan fingerprint density at radius 1 is 1.19 bits per heavy atom. The van der Waals surface area contributed by atoms with Gasteiger partial charge in [0.1, 0.15) is 18.9 Å². The Morgan fingerprint density at radius 2 is 1.81 bits per heavy atom. The van der Waals surface area contributed by atoms with E-state index in [2.05, 4.69) is 42.3 Å². The Balaban J connectivity index is 0.00000220. The number of hydrogen-bond donors (Lipinski definition) is 0. The van der Waals surface area contributed by atoms with E-state index in [1.165, 1.54) is 5.82 Å². The van der Waals surface area contributed by atoms with Crippen LogP contribution in [-0.2, 0) is 13.1 Å². The molecule has 0 amide bonds. The van der Waals surface area contributed by atoms with Crippen LogP contribution in [0.25, 0.3) is 0 Å². The van der Waals surface area contributed by atoms with Crippen LogP contribution in [0.1, 0.15) is 44.5 Å². The number of halogens is 3. The number of nitrogens with zero attached hydrogens (tertiary/aromatic N) is 2. The highest BCUT2D eigenvalue weighted by molar-refractivity contribution is 6.35. The maximum Gasteiger partial charge on any atom is 0.259 e. The topological polar surface area (TPSA) is 8.81 Å². The second-order valence-corrected chi connectivity index (χ2v) is 6.15. The molecule has 0 atom stereocenters. The normalized spacial score (nSPS) is 10.8. The Labute approximate surface area is 147 Å². The number of aryl methyl sites for hydroxylation is 1. The summed E-state index contributed by atoms with van der Waals surface area (Å²) < 4.78 is 4.56. The zero-order chi connectivity index (χ0) is 14.7. The van der Waals surface area contributed by atoms with Crippen LogP contribution in [0.4, 0.5) is 0 Å². The molecule has 0 aliphatic rings. The van der Waals surface area contributed by atoms with Gasteiger partial charge in [-0.15, -0.1) is 0 Å². The third-order valence-electron chi connectivity index (χ3n) is 3.39. The highest BCUT2D eigenvalue weighted by Crippen LogP contribution is 2.24. The predicted octanol–water partition coefficient (Wildman–Crippen LogP) is 1.67. The zero-order valence-corrected chi connectivity index (χ0v) is 15.7. The molecule has 0 aliphatic heterocycles. The van der Waals surface area contributed by atoms with Crippen LogP contribution in [0.3, 0.4) is 0 Å². The van der Waals surface area contributed by atoms with Gasteiger partial charge in [-0.2, -0.15) is 0 Å². The molecule has 1 heterocycles. The highest BCUT2D eigenvalue weighted by Gasteiger charge is 2.21. The molecule has 1 aromatic heterocycles. The molecule has 116 valence electrons. The average molecular weight is 392 g/mol. The van der Waals surface area contributed by atoms with Gasteiger partial charge in [-0.3, -0.25) is 0 Å². The molecule has 5 heteroatoms. The second-order valence-electron chi connectivity index (χ2n) is 5.33. The summed E-state index contributed by atoms with van der Waals surface area (Å²) in [5.41, 5.74) is 0.983. The van der Waals surface area contributed by atoms with Crippen LogP contribution in [0.15, 0.2) is 30.6 Å². The van der Waals surface area contributed by atoms with E-state index in [4.69, 9.17) is 23.2 Å². The minimum absolute atomic E-state index is 0. The van der Waals surface area contributed by atoms with Gasteiger partial charge >= 0.3 is 0 Å². The fourth-order valence-electron chi connectivity index (χ4n) is 2.56. The molecular weight excluding hydrogens is 371 g/mol. The standard InChI is InChI=1S/C16H21Cl2N2.BrH/c1-4-8-19-9-10-20(16(19)12(2)3)11-13-14(17)6-5-7-15(13)18;/h5-7,9-10,12H,4,8,11H2,1-3H3;1H/q+1;/p-1. The molecule has 0 N–H and O–H groups in total. The molecular formula is C16H21BrCl2N2. The van der Waals surface area contributed by atoms with E-state index in [9.17, 15) is 0 Å². The summed E-state index contributed by atoms with van der Waals surface area (Å²) in [6, 6.07) is 5.66. The van der Waals surface area contributed by atoms with Crippen LogP contribution in [0.2, 0.25) is 10.0 Å². The van der Waals surface area contributed by atoms with Crippen molar-refractivity contribution in [1.82, 2.24) is 4.57 Å². The zero-order valence-electron chi connectivity index (χ0n) is 12.6. The SMILES string of the molecule is CCCn1cc[n+](Cc2c(Cl)cccc2Cl)c1C(C)C.[Br-]. The summed E-state index contributed by atoms with van der Waals surface area (Å²) >= 11 is 12.5. The monoisotopic (exact) mass is 390 g/mol. The molecule has 0 aliphatic carbocycles. The molecule has 1 aromatic carbocycles. The molecule has 0 fully saturated rings. The van der Waals surface area contributed by atoms with Gasteiger partial charge in [-0.05, 0) is 18.6 Å². The van der Waals surface area contributed by atoms with E-state index < -0.39 is 0 Å². The maximum atomic E-state index is 6.27. The van der Waals surface area contributed by atoms with Crippen molar-refractivity contribution in [2.24, 2.45) is 0 Å². The van der Waals surface area contributed by atoms with Gasteiger partial charge in [0.05, 0.1) is 12.5 Å². The predicted molar refractivity (Wildman–Crippen MR) is 84.6 cm³/mol. The summed E-state index contributed by atoms with van der Waals surface area (Å²) in [6.07, 6.45) is 5.38. The Hall–Kier alpha value is -0.510. The van der Waals surface area contributed by atoms with Crippen LogP contribution >= 0.6 is 23.2 Å². The van der Waals surface area contributed by atoms with Gasteiger partial charge in [-0.25, -0.2) is 9.13 Å². The minimum Gasteiger partial charge on any atom is -1.00 e. The fourth-order valence-corrected chi connectivity index (χ4v) is 3.08. The Kier molecular flexibility index (Phi) is 7.25. The number of imidazole rings is 1. The van der Waals surface area contributed by atoms with E-state index in [1.807, 2.05) is 18.2 Å². The lowest BCUT2D eigenvalue weighted by atomic mass is 10.1. The van der Waals surface area contributed by atoms with Gasteiger partial charge in [0.25, 0.3) is 5.82 Å². The summed E-state index contributed by atoms with van der Waals surface area (Å²) in [6.45, 7) is 8.37. The first kappa shape index (κ1) is 18.5. The van der Waals surface area contributed by atoms with Crippen molar-refractivity contribution < 1.29 is 21.5 Å². The quantitative estimate of drug-likeness (QED) is 0.685. The van der Waals surface area contributed by atoms with Gasteiger partial charge in [0, 0.05) is 15.6 Å². The largest absolute Gasteiger partial charge is 1.00 e. The van der Waals surface area contributed by atoms with E-state index >= 15 is 0 Å². The third-order valence-corrected chi connectivity index (χ3v) is 4.09. The number of aromatic nitrogens is 2. The van der Waals surface area contributed by atoms with Crippen molar-refractivity contribution in [2.75, 3.05) is 0 Å². The van der Waals surface area contributed by atoms with Gasteiger partial charge in [-0.1, -0.05) is 50.0 Å². The molecule has 21 heavy (non-hydrogen) atoms. The lowest BCUT2D eigenvalue weighted by Gasteiger charge is -2.09. The molecule has 0 bridgehead atoms. The van der Waals surface area contributed by atoms with Crippen molar-refractivity contribution in [3.63, 3.8) is 0 Å². The molecule has 0 saturated heterocycles. The van der Waals surface area contributed by atoms with Crippen LogP contribution < -0.4 is 21.5 Å². The van der Waals surface area contributed by atoms with Gasteiger partial charge in [0.15, 0.2) is 0 Å². The average Bonchev–Trinajstić information content (AvgIpc) is 2.77. The Bertz CT molecular complexity index is 574. The van der Waals surface area contributed by atoms with Crippen molar-refractivity contribution in [3.8, 4) is 0 Å². The molecule has 0 radical (unpaired) electrons. The van der Waals surface area contributed by atoms with Crippen molar-refractivity contribution in [1.29, 1.82) is 0 Å². The van der Waals surface area contributed by atoms with Crippen LogP contribution in [0, 0.1) is 0 Å². The van der Waals surface area contributed by atoms with Crippen molar-refractivity contribution >= 4 is 23.2 Å². The number of hydrogen-bond acceptors (Lipinski definition) is 0. The lowest BCUT2D eigenvalue weighted by molar-refractivity contribution is -0.696. The molecule has 2 aromatic rings. The summed E-state index contributed by atoms with van der Waals surface area (Å²) in [7, 11) is 0. The molecule has 2 rings (SSSR count). The second kappa shape index (κ2) is 8.21. The van der Waals surface area contributed by atoms with Crippen LogP contribution in [0.5, 0.6) is 0 Å². The smallest absolute Gasteiger partial charge is 0.259 e. The lowest BCUT2D eigenvalue weighted by Crippen LogP contribution is -3.00. The highest BCUT2D eigenvalue weighted by atomic mass is 79.9. The summed E-state index contributed by atoms with van der Waals surface area (Å²) in [5, 5.41) is 1.45. The molecule has 0 unspecified atom stereocenters. The van der Waals surface area contributed by atoms with Crippen molar-refractivity contribution in [2.45, 2.75) is 46.2 Å². The number of rotatable bonds is 5. The fraction of sp³-hybridized carbons (Fsp3) is 0.438. The van der Waals surface area contributed by atoms with E-state index in [-0.39, 0.29) is 17.0 Å². The van der Waals surface area contributed by atoms with E-state index in [0.717, 1.165) is 28.6 Å². The minimum atomic E-state index is 0. The first-order valence-electron chi connectivity index (χ1n) is 7.06. The number of benzene rings is 1. The van der Waals surface area contributed by atoms with Gasteiger partial charge < -0.3 is 17.0 Å². The maximum absolute atomic E-state index is 6.27. The van der Waals surface area contributed by atoms with Gasteiger partial charge in [0.2, 0.25) is 0 Å². The first-order chi connectivity index (χ1) is 9.54. The molecule has 0 saturated carbocycles. The van der Waals surface area contributed by atoms with E-state index in [1.54, 1.807) is 0 Å². The van der Waals surface area contributed by atoms with E-state index in [0.29, 0.717) is 12.5 Å². The third kappa shape index (κ3) is 4.24. The molecule has 0 spiro atoms. The Morgan fingerprint density at radius 3 is 2.33 bits per heavy atom. The van der Waals surface area contributed by atoms with Crippen molar-refractivity contribution in [3.05, 3.63) is 52.0 Å². The molecule has 2 nitrogen and oxygen atoms in total. The summed E-state index contributed by atoms with van der Waals surface area (Å²) in [4.78, 5) is 0. The first-order valence-corrected chi connectivity index (χ1v) is 7.81. The van der Waals surface area contributed by atoms with Crippen LogP contribution in [-0.4, -0.2) is 4.57 Å². The summed E-state index contributed by atoms with van der Waals surface area (Å²) in [5.74, 6) is 1.76.